The van der Waals surface area contributed by atoms with Crippen LogP contribution in [0.4, 0.5) is 33.5 Å². The molecule has 3 aromatic rings. The van der Waals surface area contributed by atoms with E-state index in [2.05, 4.69) is 26.2 Å². The van der Waals surface area contributed by atoms with Crippen LogP contribution in [0.3, 0.4) is 0 Å². The van der Waals surface area contributed by atoms with Crippen molar-refractivity contribution in [3.05, 3.63) is 74.9 Å². The second kappa shape index (κ2) is 8.19. The van der Waals surface area contributed by atoms with E-state index in [1.807, 2.05) is 0 Å². The van der Waals surface area contributed by atoms with Crippen molar-refractivity contribution in [2.45, 2.75) is 6.18 Å². The Labute approximate surface area is 180 Å². The summed E-state index contributed by atoms with van der Waals surface area (Å²) >= 11 is 9.16. The number of rotatable bonds is 4. The summed E-state index contributed by atoms with van der Waals surface area (Å²) < 4.78 is 67.9. The van der Waals surface area contributed by atoms with Gasteiger partial charge in [-0.1, -0.05) is 11.6 Å². The second-order valence-corrected chi connectivity index (χ2v) is 7.36. The normalized spacial score (nSPS) is 11.4. The van der Waals surface area contributed by atoms with Crippen LogP contribution in [0.1, 0.15) is 15.9 Å². The number of alkyl halides is 3. The van der Waals surface area contributed by atoms with E-state index >= 15 is 0 Å². The first-order valence-corrected chi connectivity index (χ1v) is 9.23. The first kappa shape index (κ1) is 22.0. The molecule has 0 fully saturated rings. The van der Waals surface area contributed by atoms with Crippen LogP contribution in [0.25, 0.3) is 11.1 Å². The van der Waals surface area contributed by atoms with Crippen molar-refractivity contribution in [2.24, 2.45) is 5.73 Å². The average Bonchev–Trinajstić information content (AvgIpc) is 2.64. The Hall–Kier alpha value is -2.72. The van der Waals surface area contributed by atoms with E-state index in [0.717, 1.165) is 12.1 Å². The maximum absolute atomic E-state index is 14.8. The molecular weight excluding hydrogens is 497 g/mol. The lowest BCUT2D eigenvalue weighted by Crippen LogP contribution is -2.17. The van der Waals surface area contributed by atoms with Crippen LogP contribution in [0, 0.1) is 11.6 Å². The number of carbonyl (C=O) groups excluding carboxylic acids is 1. The number of hydrogen-bond acceptors (Lipinski definition) is 3. The fourth-order valence-electron chi connectivity index (χ4n) is 2.69. The molecule has 0 unspecified atom stereocenters. The number of carbonyl (C=O) groups is 1. The van der Waals surface area contributed by atoms with Crippen LogP contribution in [-0.2, 0) is 6.18 Å². The highest BCUT2D eigenvalue weighted by Crippen LogP contribution is 2.39. The van der Waals surface area contributed by atoms with Crippen LogP contribution < -0.4 is 11.1 Å². The number of hydrogen-bond donors (Lipinski definition) is 2. The summed E-state index contributed by atoms with van der Waals surface area (Å²) in [6, 6.07) is 5.46. The summed E-state index contributed by atoms with van der Waals surface area (Å²) in [5, 5.41) is 2.81. The highest BCUT2D eigenvalue weighted by Gasteiger charge is 2.34. The summed E-state index contributed by atoms with van der Waals surface area (Å²) in [5.74, 6) is -3.33. The molecule has 0 bridgehead atoms. The van der Waals surface area contributed by atoms with Crippen molar-refractivity contribution in [1.82, 2.24) is 4.98 Å². The Morgan fingerprint density at radius 3 is 2.47 bits per heavy atom. The minimum absolute atomic E-state index is 0.0701. The zero-order chi connectivity index (χ0) is 22.2. The fraction of sp³-hybridized carbons (Fsp3) is 0.0526. The van der Waals surface area contributed by atoms with E-state index < -0.39 is 40.4 Å². The number of nitrogens with two attached hydrogens (primary N) is 1. The van der Waals surface area contributed by atoms with Crippen molar-refractivity contribution >= 4 is 44.9 Å². The molecule has 11 heteroatoms. The number of primary amides is 1. The lowest BCUT2D eigenvalue weighted by molar-refractivity contribution is -0.137. The van der Waals surface area contributed by atoms with Gasteiger partial charge in [-0.2, -0.15) is 13.2 Å². The third-order valence-electron chi connectivity index (χ3n) is 3.99. The van der Waals surface area contributed by atoms with Gasteiger partial charge < -0.3 is 11.1 Å². The third kappa shape index (κ3) is 4.54. The molecule has 156 valence electrons. The number of nitrogens with one attached hydrogen (secondary N) is 1. The monoisotopic (exact) mass is 505 g/mol. The molecule has 0 aliphatic heterocycles. The van der Waals surface area contributed by atoms with Gasteiger partial charge in [-0.05, 0) is 52.3 Å². The lowest BCUT2D eigenvalue weighted by atomic mass is 9.96. The van der Waals surface area contributed by atoms with E-state index in [4.69, 9.17) is 17.3 Å². The SMILES string of the molecule is NC(=O)c1cc(C(F)(F)F)cc(F)c1-c1cc(Br)cnc1Nc1cc(F)ccc1Cl. The lowest BCUT2D eigenvalue weighted by Gasteiger charge is -2.17. The molecule has 0 radical (unpaired) electrons. The predicted molar refractivity (Wildman–Crippen MR) is 106 cm³/mol. The summed E-state index contributed by atoms with van der Waals surface area (Å²) in [6.07, 6.45) is -3.58. The van der Waals surface area contributed by atoms with Crippen LogP contribution in [-0.4, -0.2) is 10.9 Å². The molecular formula is C19H10BrClF5N3O. The van der Waals surface area contributed by atoms with Gasteiger partial charge in [-0.25, -0.2) is 13.8 Å². The van der Waals surface area contributed by atoms with Gasteiger partial charge in [0, 0.05) is 21.8 Å². The van der Waals surface area contributed by atoms with Crippen LogP contribution in [0.15, 0.2) is 47.1 Å². The van der Waals surface area contributed by atoms with Crippen molar-refractivity contribution in [3.63, 3.8) is 0 Å². The van der Waals surface area contributed by atoms with Gasteiger partial charge in [0.15, 0.2) is 0 Å². The van der Waals surface area contributed by atoms with E-state index in [0.29, 0.717) is 10.5 Å². The number of anilines is 2. The molecule has 0 aliphatic rings. The summed E-state index contributed by atoms with van der Waals surface area (Å²) in [5.41, 5.74) is 2.63. The predicted octanol–water partition coefficient (Wildman–Crippen LogP) is 6.30. The standard InChI is InChI=1S/C19H10BrClF5N3O/c20-9-5-12(18(28-7-9)29-15-6-10(22)1-2-13(15)21)16-11(17(27)30)3-8(4-14(16)23)19(24,25)26/h1-7H,(H2,27,30)(H,28,29). The number of amides is 1. The van der Waals surface area contributed by atoms with E-state index in [-0.39, 0.29) is 28.2 Å². The minimum Gasteiger partial charge on any atom is -0.366 e. The molecule has 0 saturated heterocycles. The third-order valence-corrected chi connectivity index (χ3v) is 4.75. The quantitative estimate of drug-likeness (QED) is 0.408. The molecule has 0 spiro atoms. The van der Waals surface area contributed by atoms with Crippen LogP contribution in [0.5, 0.6) is 0 Å². The number of nitrogens with zero attached hydrogens (tertiary/aromatic N) is 1. The Kier molecular flexibility index (Phi) is 6.00. The topological polar surface area (TPSA) is 68.0 Å². The zero-order valence-electron chi connectivity index (χ0n) is 14.6. The highest BCUT2D eigenvalue weighted by molar-refractivity contribution is 9.10. The molecule has 1 amide bonds. The van der Waals surface area contributed by atoms with Crippen molar-refractivity contribution in [1.29, 1.82) is 0 Å². The Morgan fingerprint density at radius 1 is 1.13 bits per heavy atom. The Bertz CT molecular complexity index is 1150. The fourth-order valence-corrected chi connectivity index (χ4v) is 3.18. The first-order chi connectivity index (χ1) is 14.0. The minimum atomic E-state index is -4.89. The van der Waals surface area contributed by atoms with Gasteiger partial charge in [-0.15, -0.1) is 0 Å². The van der Waals surface area contributed by atoms with E-state index in [1.165, 1.54) is 18.3 Å². The van der Waals surface area contributed by atoms with Crippen molar-refractivity contribution in [3.8, 4) is 11.1 Å². The number of pyridine rings is 1. The molecule has 1 aromatic heterocycles. The molecule has 3 rings (SSSR count). The van der Waals surface area contributed by atoms with Crippen LogP contribution >= 0.6 is 27.5 Å². The smallest absolute Gasteiger partial charge is 0.366 e. The molecule has 0 saturated carbocycles. The number of benzene rings is 2. The Balaban J connectivity index is 2.24. The first-order valence-electron chi connectivity index (χ1n) is 8.06. The average molecular weight is 507 g/mol. The summed E-state index contributed by atoms with van der Waals surface area (Å²) in [6.45, 7) is 0. The van der Waals surface area contributed by atoms with Crippen molar-refractivity contribution < 1.29 is 26.7 Å². The van der Waals surface area contributed by atoms with Gasteiger partial charge in [-0.3, -0.25) is 4.79 Å². The van der Waals surface area contributed by atoms with Gasteiger partial charge in [0.05, 0.1) is 21.8 Å². The Morgan fingerprint density at radius 2 is 1.83 bits per heavy atom. The van der Waals surface area contributed by atoms with Crippen LogP contribution in [0.2, 0.25) is 5.02 Å². The summed E-state index contributed by atoms with van der Waals surface area (Å²) in [7, 11) is 0. The molecule has 4 nitrogen and oxygen atoms in total. The maximum atomic E-state index is 14.8. The van der Waals surface area contributed by atoms with Gasteiger partial charge in [0.1, 0.15) is 17.5 Å². The zero-order valence-corrected chi connectivity index (χ0v) is 17.0. The number of halogens is 7. The molecule has 3 N–H and O–H groups in total. The molecule has 1 heterocycles. The molecule has 2 aromatic carbocycles. The maximum Gasteiger partial charge on any atom is 0.416 e. The van der Waals surface area contributed by atoms with E-state index in [9.17, 15) is 26.7 Å². The summed E-state index contributed by atoms with van der Waals surface area (Å²) in [4.78, 5) is 15.9. The van der Waals surface area contributed by atoms with Gasteiger partial charge in [0.25, 0.3) is 0 Å². The largest absolute Gasteiger partial charge is 0.416 e. The van der Waals surface area contributed by atoms with Gasteiger partial charge >= 0.3 is 6.18 Å². The molecule has 0 aliphatic carbocycles. The van der Waals surface area contributed by atoms with Gasteiger partial charge in [0.2, 0.25) is 5.91 Å². The van der Waals surface area contributed by atoms with E-state index in [1.54, 1.807) is 0 Å². The van der Waals surface area contributed by atoms with Crippen molar-refractivity contribution in [2.75, 3.05) is 5.32 Å². The number of aromatic nitrogens is 1. The molecule has 30 heavy (non-hydrogen) atoms. The molecule has 0 atom stereocenters. The second-order valence-electron chi connectivity index (χ2n) is 6.04. The highest BCUT2D eigenvalue weighted by atomic mass is 79.9.